The van der Waals surface area contributed by atoms with Crippen molar-refractivity contribution < 1.29 is 9.47 Å². The summed E-state index contributed by atoms with van der Waals surface area (Å²) < 4.78 is 10.9. The van der Waals surface area contributed by atoms with Crippen LogP contribution in [-0.4, -0.2) is 37.1 Å². The van der Waals surface area contributed by atoms with Gasteiger partial charge in [0.25, 0.3) is 0 Å². The van der Waals surface area contributed by atoms with Gasteiger partial charge in [0, 0.05) is 6.54 Å². The summed E-state index contributed by atoms with van der Waals surface area (Å²) >= 11 is 0. The average Bonchev–Trinajstić information content (AvgIpc) is 2.67. The fourth-order valence-corrected chi connectivity index (χ4v) is 2.74. The number of methoxy groups -OCH3 is 1. The summed E-state index contributed by atoms with van der Waals surface area (Å²) in [6.45, 7) is 1.21. The van der Waals surface area contributed by atoms with Crippen molar-refractivity contribution in [2.24, 2.45) is 21.5 Å². The molecule has 0 saturated carbocycles. The third-order valence-electron chi connectivity index (χ3n) is 4.04. The minimum Gasteiger partial charge on any atom is -0.497 e. The number of halogens is 1. The van der Waals surface area contributed by atoms with Crippen LogP contribution in [0.2, 0.25) is 0 Å². The highest BCUT2D eigenvalue weighted by Gasteiger charge is 2.25. The summed E-state index contributed by atoms with van der Waals surface area (Å²) in [6.07, 6.45) is 0.496. The number of aliphatic imine (C=N–C) groups is 2. The lowest BCUT2D eigenvalue weighted by Crippen LogP contribution is -2.44. The molecule has 1 aliphatic heterocycles. The molecule has 0 amide bonds. The molecule has 3 rings (SSSR count). The Morgan fingerprint density at radius 3 is 2.33 bits per heavy atom. The van der Waals surface area contributed by atoms with Crippen LogP contribution in [0.15, 0.2) is 64.6 Å². The van der Waals surface area contributed by atoms with Crippen molar-refractivity contribution in [3.63, 3.8) is 0 Å². The van der Waals surface area contributed by atoms with Crippen LogP contribution in [0.4, 0.5) is 0 Å². The fourth-order valence-electron chi connectivity index (χ4n) is 2.74. The topological polar surface area (TPSA) is 98.5 Å². The van der Waals surface area contributed by atoms with Gasteiger partial charge in [0.1, 0.15) is 11.5 Å². The van der Waals surface area contributed by atoms with Gasteiger partial charge in [-0.2, -0.15) is 4.99 Å². The molecule has 144 valence electrons. The Labute approximate surface area is 165 Å². The molecule has 0 saturated heterocycles. The summed E-state index contributed by atoms with van der Waals surface area (Å²) in [6, 6.07) is 17.4. The molecule has 1 unspecified atom stereocenters. The first-order valence-corrected chi connectivity index (χ1v) is 8.43. The normalized spacial score (nSPS) is 16.0. The van der Waals surface area contributed by atoms with Crippen LogP contribution in [0, 0.1) is 0 Å². The third-order valence-corrected chi connectivity index (χ3v) is 4.04. The van der Waals surface area contributed by atoms with E-state index in [1.165, 1.54) is 0 Å². The summed E-state index contributed by atoms with van der Waals surface area (Å²) in [4.78, 5) is 10.5. The number of guanidine groups is 2. The van der Waals surface area contributed by atoms with Crippen LogP contribution in [0.25, 0.3) is 0 Å². The number of hydrogen-bond acceptors (Lipinski definition) is 7. The maximum absolute atomic E-state index is 6.08. The molecule has 7 nitrogen and oxygen atoms in total. The van der Waals surface area contributed by atoms with Gasteiger partial charge < -0.3 is 25.8 Å². The van der Waals surface area contributed by atoms with Gasteiger partial charge in [-0.1, -0.05) is 30.3 Å². The highest BCUT2D eigenvalue weighted by molar-refractivity contribution is 5.95. The lowest BCUT2D eigenvalue weighted by molar-refractivity contribution is 0.258. The average molecular weight is 390 g/mol. The second-order valence-corrected chi connectivity index (χ2v) is 5.81. The minimum atomic E-state index is -0.269. The third kappa shape index (κ3) is 5.27. The molecule has 0 fully saturated rings. The Hall–Kier alpha value is -2.93. The zero-order valence-electron chi connectivity index (χ0n) is 15.1. The van der Waals surface area contributed by atoms with Gasteiger partial charge in [0.2, 0.25) is 11.9 Å². The number of hydrogen-bond donors (Lipinski definition) is 2. The Kier molecular flexibility index (Phi) is 7.31. The van der Waals surface area contributed by atoms with Crippen LogP contribution in [0.1, 0.15) is 18.2 Å². The molecule has 2 aromatic rings. The number of ether oxygens (including phenoxy) is 2. The van der Waals surface area contributed by atoms with Crippen molar-refractivity contribution >= 4 is 24.3 Å². The van der Waals surface area contributed by atoms with Crippen LogP contribution < -0.4 is 20.9 Å². The Balaban J connectivity index is 0.00000261. The Bertz CT molecular complexity index is 780. The van der Waals surface area contributed by atoms with Crippen LogP contribution in [0.5, 0.6) is 11.5 Å². The van der Waals surface area contributed by atoms with Crippen molar-refractivity contribution in [3.8, 4) is 11.5 Å². The molecular formula is C19H24ClN5O2. The number of benzene rings is 2. The van der Waals surface area contributed by atoms with Gasteiger partial charge >= 0.3 is 0 Å². The summed E-state index contributed by atoms with van der Waals surface area (Å²) in [5.41, 5.74) is 12.9. The largest absolute Gasteiger partial charge is 0.497 e. The number of nitrogens with two attached hydrogens (primary N) is 2. The highest BCUT2D eigenvalue weighted by atomic mass is 35.5. The number of nitrogens with zero attached hydrogens (tertiary/aromatic N) is 3. The van der Waals surface area contributed by atoms with E-state index in [9.17, 15) is 0 Å². The van der Waals surface area contributed by atoms with E-state index in [-0.39, 0.29) is 24.5 Å². The van der Waals surface area contributed by atoms with Crippen LogP contribution in [-0.2, 0) is 0 Å². The second-order valence-electron chi connectivity index (χ2n) is 5.81. The molecule has 1 atom stereocenters. The molecule has 0 spiro atoms. The van der Waals surface area contributed by atoms with E-state index in [1.54, 1.807) is 7.11 Å². The number of rotatable bonds is 7. The lowest BCUT2D eigenvalue weighted by Gasteiger charge is -2.32. The summed E-state index contributed by atoms with van der Waals surface area (Å²) in [5, 5.41) is 0. The van der Waals surface area contributed by atoms with Gasteiger partial charge in [-0.05, 0) is 36.2 Å². The Morgan fingerprint density at radius 1 is 1.00 bits per heavy atom. The maximum atomic E-state index is 6.08. The predicted molar refractivity (Wildman–Crippen MR) is 109 cm³/mol. The van der Waals surface area contributed by atoms with Gasteiger partial charge in [-0.25, -0.2) is 4.99 Å². The molecule has 27 heavy (non-hydrogen) atoms. The molecule has 0 bridgehead atoms. The zero-order valence-corrected chi connectivity index (χ0v) is 15.9. The molecule has 4 N–H and O–H groups in total. The molecule has 0 aromatic heterocycles. The van der Waals surface area contributed by atoms with Gasteiger partial charge in [-0.3, -0.25) is 0 Å². The van der Waals surface area contributed by atoms with Crippen LogP contribution in [0.3, 0.4) is 0 Å². The van der Waals surface area contributed by atoms with E-state index in [2.05, 4.69) is 9.98 Å². The first-order chi connectivity index (χ1) is 12.7. The summed E-state index contributed by atoms with van der Waals surface area (Å²) in [7, 11) is 1.64. The quantitative estimate of drug-likeness (QED) is 0.709. The monoisotopic (exact) mass is 389 g/mol. The van der Waals surface area contributed by atoms with E-state index in [1.807, 2.05) is 59.5 Å². The minimum absolute atomic E-state index is 0. The van der Waals surface area contributed by atoms with Crippen molar-refractivity contribution in [2.45, 2.75) is 12.6 Å². The SMILES string of the molecule is COc1ccc(OCCCN2C(N)=NC(N)=NC2c2ccccc2)cc1.Cl. The van der Waals surface area contributed by atoms with Crippen molar-refractivity contribution in [2.75, 3.05) is 20.3 Å². The lowest BCUT2D eigenvalue weighted by atomic mass is 10.1. The van der Waals surface area contributed by atoms with E-state index in [4.69, 9.17) is 20.9 Å². The molecule has 2 aromatic carbocycles. The maximum Gasteiger partial charge on any atom is 0.220 e. The van der Waals surface area contributed by atoms with E-state index in [0.29, 0.717) is 19.1 Å². The predicted octanol–water partition coefficient (Wildman–Crippen LogP) is 2.53. The van der Waals surface area contributed by atoms with Gasteiger partial charge in [-0.15, -0.1) is 12.4 Å². The van der Waals surface area contributed by atoms with E-state index < -0.39 is 0 Å². The molecular weight excluding hydrogens is 366 g/mol. The highest BCUT2D eigenvalue weighted by Crippen LogP contribution is 2.24. The van der Waals surface area contributed by atoms with Crippen molar-refractivity contribution in [1.82, 2.24) is 4.90 Å². The first-order valence-electron chi connectivity index (χ1n) is 8.43. The van der Waals surface area contributed by atoms with Crippen molar-refractivity contribution in [1.29, 1.82) is 0 Å². The molecule has 1 aliphatic rings. The van der Waals surface area contributed by atoms with Gasteiger partial charge in [0.15, 0.2) is 6.17 Å². The zero-order chi connectivity index (χ0) is 18.4. The smallest absolute Gasteiger partial charge is 0.220 e. The molecule has 8 heteroatoms. The van der Waals surface area contributed by atoms with Gasteiger partial charge in [0.05, 0.1) is 13.7 Å². The second kappa shape index (κ2) is 9.68. The first kappa shape index (κ1) is 20.4. The standard InChI is InChI=1S/C19H23N5O2.ClH/c1-25-15-8-10-16(11-9-15)26-13-5-12-24-17(14-6-3-2-4-7-14)22-18(20)23-19(24)21;/h2-4,6-11,17H,5,12-13H2,1H3,(H4,20,21,22,23);1H. The summed E-state index contributed by atoms with van der Waals surface area (Å²) in [5.74, 6) is 2.17. The van der Waals surface area contributed by atoms with E-state index in [0.717, 1.165) is 23.5 Å². The van der Waals surface area contributed by atoms with E-state index >= 15 is 0 Å². The molecule has 0 aliphatic carbocycles. The van der Waals surface area contributed by atoms with Crippen molar-refractivity contribution in [3.05, 3.63) is 60.2 Å². The van der Waals surface area contributed by atoms with Crippen LogP contribution >= 0.6 is 12.4 Å². The molecule has 0 radical (unpaired) electrons. The Morgan fingerprint density at radius 2 is 1.67 bits per heavy atom. The molecule has 1 heterocycles. The fraction of sp³-hybridized carbons (Fsp3) is 0.263.